The zero-order chi connectivity index (χ0) is 16.0. The smallest absolute Gasteiger partial charge is 0.372 e. The number of aromatic carboxylic acids is 1. The molecule has 0 bridgehead atoms. The molecule has 0 saturated carbocycles. The third-order valence-electron chi connectivity index (χ3n) is 4.02. The zero-order valence-electron chi connectivity index (χ0n) is 12.1. The van der Waals surface area contributed by atoms with E-state index in [0.717, 1.165) is 28.8 Å². The fourth-order valence-electron chi connectivity index (χ4n) is 2.92. The Hall–Kier alpha value is -2.19. The molecule has 0 spiro atoms. The molecule has 1 aliphatic heterocycles. The first-order valence-corrected chi connectivity index (χ1v) is 7.94. The van der Waals surface area contributed by atoms with E-state index in [1.807, 2.05) is 16.8 Å². The summed E-state index contributed by atoms with van der Waals surface area (Å²) in [6.45, 7) is 2.67. The molecule has 3 heterocycles. The Bertz CT molecular complexity index is 901. The van der Waals surface area contributed by atoms with E-state index in [-0.39, 0.29) is 5.76 Å². The zero-order valence-corrected chi connectivity index (χ0v) is 13.7. The number of hydrogen-bond donors (Lipinski definition) is 1. The Morgan fingerprint density at radius 3 is 3.09 bits per heavy atom. The van der Waals surface area contributed by atoms with Gasteiger partial charge < -0.3 is 9.52 Å². The second kappa shape index (κ2) is 5.47. The van der Waals surface area contributed by atoms with Crippen molar-refractivity contribution in [2.24, 2.45) is 0 Å². The Morgan fingerprint density at radius 1 is 1.39 bits per heavy atom. The standard InChI is InChI=1S/C15H13BrN4O3/c16-9-1-2-12-10(5-9)11(14(23-12)15(21)22)6-19-3-4-20-13(7-19)17-8-18-20/h1-2,5,8H,3-4,6-7H2,(H,21,22). The summed E-state index contributed by atoms with van der Waals surface area (Å²) in [7, 11) is 0. The van der Waals surface area contributed by atoms with Crippen LogP contribution in [0.4, 0.5) is 0 Å². The monoisotopic (exact) mass is 376 g/mol. The molecule has 0 unspecified atom stereocenters. The fraction of sp³-hybridized carbons (Fsp3) is 0.267. The number of nitrogens with zero attached hydrogens (tertiary/aromatic N) is 4. The SMILES string of the molecule is O=C(O)c1oc2ccc(Br)cc2c1CN1CCn2ncnc2C1. The van der Waals surface area contributed by atoms with Crippen molar-refractivity contribution in [3.8, 4) is 0 Å². The van der Waals surface area contributed by atoms with Gasteiger partial charge in [0.1, 0.15) is 17.7 Å². The molecule has 3 aromatic rings. The Kier molecular flexibility index (Phi) is 3.42. The van der Waals surface area contributed by atoms with Crippen molar-refractivity contribution in [1.82, 2.24) is 19.7 Å². The van der Waals surface area contributed by atoms with Crippen LogP contribution in [0.5, 0.6) is 0 Å². The van der Waals surface area contributed by atoms with Gasteiger partial charge in [-0.3, -0.25) is 4.90 Å². The van der Waals surface area contributed by atoms with Gasteiger partial charge in [0, 0.05) is 28.5 Å². The van der Waals surface area contributed by atoms with Crippen molar-refractivity contribution in [2.45, 2.75) is 19.6 Å². The second-order valence-electron chi connectivity index (χ2n) is 5.47. The number of halogens is 1. The van der Waals surface area contributed by atoms with E-state index in [0.29, 0.717) is 24.2 Å². The van der Waals surface area contributed by atoms with Crippen molar-refractivity contribution in [1.29, 1.82) is 0 Å². The summed E-state index contributed by atoms with van der Waals surface area (Å²) in [6, 6.07) is 5.51. The van der Waals surface area contributed by atoms with Crippen LogP contribution in [0.1, 0.15) is 21.9 Å². The summed E-state index contributed by atoms with van der Waals surface area (Å²) in [5.41, 5.74) is 1.28. The Labute approximate surface area is 139 Å². The van der Waals surface area contributed by atoms with Crippen molar-refractivity contribution in [3.05, 3.63) is 46.1 Å². The molecular weight excluding hydrogens is 364 g/mol. The molecule has 0 aliphatic carbocycles. The fourth-order valence-corrected chi connectivity index (χ4v) is 3.28. The van der Waals surface area contributed by atoms with E-state index in [2.05, 4.69) is 30.9 Å². The molecule has 118 valence electrons. The van der Waals surface area contributed by atoms with E-state index in [1.165, 1.54) is 0 Å². The minimum Gasteiger partial charge on any atom is -0.475 e. The van der Waals surface area contributed by atoms with Gasteiger partial charge in [0.15, 0.2) is 0 Å². The Morgan fingerprint density at radius 2 is 2.26 bits per heavy atom. The maximum absolute atomic E-state index is 11.5. The largest absolute Gasteiger partial charge is 0.475 e. The van der Waals surface area contributed by atoms with Crippen LogP contribution in [0, 0.1) is 0 Å². The van der Waals surface area contributed by atoms with Gasteiger partial charge in [0.25, 0.3) is 0 Å². The van der Waals surface area contributed by atoms with Crippen molar-refractivity contribution in [2.75, 3.05) is 6.54 Å². The number of aromatic nitrogens is 3. The van der Waals surface area contributed by atoms with Crippen molar-refractivity contribution >= 4 is 32.9 Å². The summed E-state index contributed by atoms with van der Waals surface area (Å²) in [5.74, 6) is -0.153. The minimum absolute atomic E-state index is 0.00476. The number of benzene rings is 1. The van der Waals surface area contributed by atoms with Crippen molar-refractivity contribution < 1.29 is 14.3 Å². The molecule has 0 fully saturated rings. The van der Waals surface area contributed by atoms with Crippen molar-refractivity contribution in [3.63, 3.8) is 0 Å². The van der Waals surface area contributed by atoms with Crippen LogP contribution >= 0.6 is 15.9 Å². The first-order chi connectivity index (χ1) is 11.1. The van der Waals surface area contributed by atoms with E-state index in [1.54, 1.807) is 12.4 Å². The number of fused-ring (bicyclic) bond motifs is 2. The lowest BCUT2D eigenvalue weighted by atomic mass is 10.1. The molecule has 7 nitrogen and oxygen atoms in total. The van der Waals surface area contributed by atoms with Gasteiger partial charge in [0.05, 0.1) is 13.1 Å². The van der Waals surface area contributed by atoms with Crippen LogP contribution in [-0.2, 0) is 19.6 Å². The molecule has 2 aromatic heterocycles. The molecule has 1 aliphatic rings. The van der Waals surface area contributed by atoms with E-state index in [9.17, 15) is 9.90 Å². The van der Waals surface area contributed by atoms with Crippen LogP contribution < -0.4 is 0 Å². The summed E-state index contributed by atoms with van der Waals surface area (Å²) in [6.07, 6.45) is 1.55. The quantitative estimate of drug-likeness (QED) is 0.755. The lowest BCUT2D eigenvalue weighted by Gasteiger charge is -2.26. The third kappa shape index (κ3) is 2.53. The number of furan rings is 1. The first-order valence-electron chi connectivity index (χ1n) is 7.15. The maximum Gasteiger partial charge on any atom is 0.372 e. The molecule has 8 heteroatoms. The van der Waals surface area contributed by atoms with Gasteiger partial charge in [0.2, 0.25) is 5.76 Å². The predicted molar refractivity (Wildman–Crippen MR) is 85.0 cm³/mol. The molecule has 23 heavy (non-hydrogen) atoms. The lowest BCUT2D eigenvalue weighted by Crippen LogP contribution is -2.34. The molecule has 0 atom stereocenters. The summed E-state index contributed by atoms with van der Waals surface area (Å²) in [4.78, 5) is 17.9. The van der Waals surface area contributed by atoms with E-state index in [4.69, 9.17) is 4.42 Å². The molecule has 0 amide bonds. The molecule has 0 saturated heterocycles. The molecule has 4 rings (SSSR count). The molecule has 1 aromatic carbocycles. The minimum atomic E-state index is -1.05. The van der Waals surface area contributed by atoms with E-state index >= 15 is 0 Å². The van der Waals surface area contributed by atoms with Gasteiger partial charge in [-0.15, -0.1) is 0 Å². The number of rotatable bonds is 3. The first kappa shape index (κ1) is 14.4. The van der Waals surface area contributed by atoms with E-state index < -0.39 is 5.97 Å². The van der Waals surface area contributed by atoms with Gasteiger partial charge >= 0.3 is 5.97 Å². The third-order valence-corrected chi connectivity index (χ3v) is 4.51. The second-order valence-corrected chi connectivity index (χ2v) is 6.38. The Balaban J connectivity index is 1.72. The van der Waals surface area contributed by atoms with Gasteiger partial charge in [-0.1, -0.05) is 15.9 Å². The average Bonchev–Trinajstić information content (AvgIpc) is 3.12. The van der Waals surface area contributed by atoms with Crippen LogP contribution in [0.25, 0.3) is 11.0 Å². The summed E-state index contributed by atoms with van der Waals surface area (Å²) in [5, 5.41) is 14.4. The predicted octanol–water partition coefficient (Wildman–Crippen LogP) is 2.50. The van der Waals surface area contributed by atoms with Gasteiger partial charge in [-0.05, 0) is 18.2 Å². The number of carboxylic acid groups (broad SMARTS) is 1. The summed E-state index contributed by atoms with van der Waals surface area (Å²) >= 11 is 3.43. The highest BCUT2D eigenvalue weighted by atomic mass is 79.9. The highest BCUT2D eigenvalue weighted by Gasteiger charge is 2.24. The van der Waals surface area contributed by atoms with Crippen LogP contribution in [0.3, 0.4) is 0 Å². The molecular formula is C15H13BrN4O3. The number of carbonyl (C=O) groups is 1. The molecule has 0 radical (unpaired) electrons. The lowest BCUT2D eigenvalue weighted by molar-refractivity contribution is 0.0661. The van der Waals surface area contributed by atoms with Gasteiger partial charge in [-0.2, -0.15) is 5.10 Å². The van der Waals surface area contributed by atoms with Crippen LogP contribution in [0.2, 0.25) is 0 Å². The number of hydrogen-bond acceptors (Lipinski definition) is 5. The average molecular weight is 377 g/mol. The van der Waals surface area contributed by atoms with Gasteiger partial charge in [-0.25, -0.2) is 14.5 Å². The summed E-state index contributed by atoms with van der Waals surface area (Å²) < 4.78 is 8.30. The maximum atomic E-state index is 11.5. The van der Waals surface area contributed by atoms with Crippen LogP contribution in [0.15, 0.2) is 33.4 Å². The molecule has 1 N–H and O–H groups in total. The highest BCUT2D eigenvalue weighted by molar-refractivity contribution is 9.10. The normalized spacial score (nSPS) is 15.0. The van der Waals surface area contributed by atoms with Crippen LogP contribution in [-0.4, -0.2) is 37.3 Å². The number of carboxylic acids is 1. The highest BCUT2D eigenvalue weighted by Crippen LogP contribution is 2.30. The topological polar surface area (TPSA) is 84.4 Å².